The van der Waals surface area contributed by atoms with Gasteiger partial charge in [-0.25, -0.2) is 0 Å². The summed E-state index contributed by atoms with van der Waals surface area (Å²) < 4.78 is 0. The number of benzene rings is 1. The first-order chi connectivity index (χ1) is 9.41. The lowest BCUT2D eigenvalue weighted by Crippen LogP contribution is -2.52. The summed E-state index contributed by atoms with van der Waals surface area (Å²) in [6.07, 6.45) is 0.985. The van der Waals surface area contributed by atoms with Crippen LogP contribution in [-0.4, -0.2) is 25.0 Å². The second-order valence-corrected chi connectivity index (χ2v) is 6.62. The van der Waals surface area contributed by atoms with Gasteiger partial charge in [0, 0.05) is 11.1 Å². The van der Waals surface area contributed by atoms with E-state index in [0.717, 1.165) is 25.1 Å². The Kier molecular flexibility index (Phi) is 6.51. The number of carbonyl (C=O) groups is 1. The van der Waals surface area contributed by atoms with Crippen molar-refractivity contribution in [3.05, 3.63) is 34.9 Å². The van der Waals surface area contributed by atoms with Gasteiger partial charge in [-0.3, -0.25) is 4.79 Å². The van der Waals surface area contributed by atoms with Crippen molar-refractivity contribution < 1.29 is 4.79 Å². The first kappa shape index (κ1) is 18.3. The average Bonchev–Trinajstić information content (AvgIpc) is 2.41. The van der Waals surface area contributed by atoms with Gasteiger partial charge < -0.3 is 10.6 Å². The van der Waals surface area contributed by atoms with E-state index < -0.39 is 5.41 Å². The van der Waals surface area contributed by atoms with E-state index in [1.807, 2.05) is 38.1 Å². The van der Waals surface area contributed by atoms with Gasteiger partial charge in [0.2, 0.25) is 5.91 Å². The predicted octanol–water partition coefficient (Wildman–Crippen LogP) is 3.15. The number of amides is 1. The molecule has 2 rings (SSSR count). The van der Waals surface area contributed by atoms with Crippen LogP contribution in [0.25, 0.3) is 0 Å². The minimum atomic E-state index is -0.574. The van der Waals surface area contributed by atoms with Crippen LogP contribution in [0, 0.1) is 5.92 Å². The number of rotatable bonds is 3. The lowest BCUT2D eigenvalue weighted by Gasteiger charge is -2.33. The average molecular weight is 331 g/mol. The molecule has 5 heteroatoms. The summed E-state index contributed by atoms with van der Waals surface area (Å²) in [4.78, 5) is 12.6. The molecule has 2 atom stereocenters. The third-order valence-electron chi connectivity index (χ3n) is 4.22. The molecule has 0 spiro atoms. The van der Waals surface area contributed by atoms with E-state index in [0.29, 0.717) is 10.9 Å². The van der Waals surface area contributed by atoms with Crippen molar-refractivity contribution in [3.8, 4) is 0 Å². The summed E-state index contributed by atoms with van der Waals surface area (Å²) in [5.41, 5.74) is 0.374. The summed E-state index contributed by atoms with van der Waals surface area (Å²) in [5.74, 6) is 0.529. The summed E-state index contributed by atoms with van der Waals surface area (Å²) in [6.45, 7) is 7.98. The van der Waals surface area contributed by atoms with E-state index >= 15 is 0 Å². The highest BCUT2D eigenvalue weighted by molar-refractivity contribution is 6.30. The highest BCUT2D eigenvalue weighted by atomic mass is 35.5. The molecule has 0 radical (unpaired) electrons. The van der Waals surface area contributed by atoms with Crippen molar-refractivity contribution in [2.45, 2.75) is 38.6 Å². The maximum absolute atomic E-state index is 12.6. The molecule has 21 heavy (non-hydrogen) atoms. The van der Waals surface area contributed by atoms with Gasteiger partial charge in [-0.2, -0.15) is 0 Å². The molecular weight excluding hydrogens is 307 g/mol. The topological polar surface area (TPSA) is 41.1 Å². The molecule has 0 aromatic heterocycles. The third-order valence-corrected chi connectivity index (χ3v) is 4.45. The highest BCUT2D eigenvalue weighted by Gasteiger charge is 2.33. The van der Waals surface area contributed by atoms with Crippen molar-refractivity contribution in [3.63, 3.8) is 0 Å². The SMILES string of the molecule is CC1CNCCC1NC(=O)C(C)(C)c1cccc(Cl)c1.Cl. The maximum Gasteiger partial charge on any atom is 0.230 e. The molecule has 1 heterocycles. The predicted molar refractivity (Wildman–Crippen MR) is 90.3 cm³/mol. The van der Waals surface area contributed by atoms with Crippen molar-refractivity contribution in [1.82, 2.24) is 10.6 Å². The zero-order chi connectivity index (χ0) is 14.8. The van der Waals surface area contributed by atoms with Gasteiger partial charge in [-0.1, -0.05) is 30.7 Å². The normalized spacial score (nSPS) is 22.3. The molecule has 118 valence electrons. The molecule has 0 saturated carbocycles. The van der Waals surface area contributed by atoms with Crippen LogP contribution in [0.15, 0.2) is 24.3 Å². The summed E-state index contributed by atoms with van der Waals surface area (Å²) in [6, 6.07) is 7.79. The van der Waals surface area contributed by atoms with E-state index in [1.165, 1.54) is 0 Å². The zero-order valence-electron chi connectivity index (χ0n) is 12.8. The van der Waals surface area contributed by atoms with Gasteiger partial charge in [0.1, 0.15) is 0 Å². The Labute approximate surface area is 138 Å². The Morgan fingerprint density at radius 1 is 1.43 bits per heavy atom. The Morgan fingerprint density at radius 2 is 2.14 bits per heavy atom. The van der Waals surface area contributed by atoms with Crippen molar-refractivity contribution >= 4 is 29.9 Å². The van der Waals surface area contributed by atoms with Gasteiger partial charge in [0.05, 0.1) is 5.41 Å². The molecule has 0 bridgehead atoms. The summed E-state index contributed by atoms with van der Waals surface area (Å²) in [5, 5.41) is 7.22. The number of hydrogen-bond acceptors (Lipinski definition) is 2. The second-order valence-electron chi connectivity index (χ2n) is 6.19. The monoisotopic (exact) mass is 330 g/mol. The van der Waals surface area contributed by atoms with Crippen LogP contribution in [0.5, 0.6) is 0 Å². The quantitative estimate of drug-likeness (QED) is 0.893. The van der Waals surface area contributed by atoms with E-state index in [2.05, 4.69) is 17.6 Å². The largest absolute Gasteiger partial charge is 0.352 e. The van der Waals surface area contributed by atoms with E-state index in [-0.39, 0.29) is 24.4 Å². The Bertz CT molecular complexity index is 491. The molecule has 1 fully saturated rings. The fourth-order valence-corrected chi connectivity index (χ4v) is 2.78. The van der Waals surface area contributed by atoms with Crippen LogP contribution in [0.2, 0.25) is 5.02 Å². The summed E-state index contributed by atoms with van der Waals surface area (Å²) >= 11 is 6.03. The fourth-order valence-electron chi connectivity index (χ4n) is 2.59. The summed E-state index contributed by atoms with van der Waals surface area (Å²) in [7, 11) is 0. The maximum atomic E-state index is 12.6. The highest BCUT2D eigenvalue weighted by Crippen LogP contribution is 2.26. The molecule has 1 aliphatic rings. The van der Waals surface area contributed by atoms with Crippen molar-refractivity contribution in [2.75, 3.05) is 13.1 Å². The second kappa shape index (κ2) is 7.48. The van der Waals surface area contributed by atoms with Gasteiger partial charge in [0.15, 0.2) is 0 Å². The van der Waals surface area contributed by atoms with Gasteiger partial charge in [-0.05, 0) is 57.0 Å². The Hall–Kier alpha value is -0.770. The fraction of sp³-hybridized carbons (Fsp3) is 0.562. The molecule has 1 aliphatic heterocycles. The Balaban J connectivity index is 0.00000220. The number of carbonyl (C=O) groups excluding carboxylic acids is 1. The molecule has 3 nitrogen and oxygen atoms in total. The minimum Gasteiger partial charge on any atom is -0.352 e. The number of nitrogens with one attached hydrogen (secondary N) is 2. The van der Waals surface area contributed by atoms with Crippen LogP contribution in [-0.2, 0) is 10.2 Å². The molecule has 0 aliphatic carbocycles. The zero-order valence-corrected chi connectivity index (χ0v) is 14.4. The number of hydrogen-bond donors (Lipinski definition) is 2. The third kappa shape index (κ3) is 4.35. The minimum absolute atomic E-state index is 0. The van der Waals surface area contributed by atoms with Gasteiger partial charge in [0.25, 0.3) is 0 Å². The smallest absolute Gasteiger partial charge is 0.230 e. The molecule has 2 N–H and O–H groups in total. The van der Waals surface area contributed by atoms with Crippen LogP contribution in [0.1, 0.15) is 32.8 Å². The van der Waals surface area contributed by atoms with Crippen LogP contribution in [0.4, 0.5) is 0 Å². The van der Waals surface area contributed by atoms with Crippen molar-refractivity contribution in [2.24, 2.45) is 5.92 Å². The number of piperidine rings is 1. The van der Waals surface area contributed by atoms with E-state index in [4.69, 9.17) is 11.6 Å². The number of halogens is 2. The van der Waals surface area contributed by atoms with Gasteiger partial charge in [-0.15, -0.1) is 12.4 Å². The lowest BCUT2D eigenvalue weighted by atomic mass is 9.82. The first-order valence-corrected chi connectivity index (χ1v) is 7.57. The Morgan fingerprint density at radius 3 is 2.76 bits per heavy atom. The molecular formula is C16H24Cl2N2O. The van der Waals surface area contributed by atoms with Gasteiger partial charge >= 0.3 is 0 Å². The van der Waals surface area contributed by atoms with Crippen LogP contribution in [0.3, 0.4) is 0 Å². The van der Waals surface area contributed by atoms with E-state index in [9.17, 15) is 4.79 Å². The van der Waals surface area contributed by atoms with Crippen LogP contribution >= 0.6 is 24.0 Å². The van der Waals surface area contributed by atoms with E-state index in [1.54, 1.807) is 0 Å². The van der Waals surface area contributed by atoms with Crippen molar-refractivity contribution in [1.29, 1.82) is 0 Å². The molecule has 1 saturated heterocycles. The standard InChI is InChI=1S/C16H23ClN2O.ClH/c1-11-10-18-8-7-14(11)19-15(20)16(2,3)12-5-4-6-13(17)9-12;/h4-6,9,11,14,18H,7-8,10H2,1-3H3,(H,19,20);1H. The first-order valence-electron chi connectivity index (χ1n) is 7.19. The molecule has 1 aromatic carbocycles. The lowest BCUT2D eigenvalue weighted by molar-refractivity contribution is -0.126. The molecule has 1 amide bonds. The van der Waals surface area contributed by atoms with Crippen LogP contribution < -0.4 is 10.6 Å². The molecule has 2 unspecified atom stereocenters. The molecule has 1 aromatic rings.